The number of para-hydroxylation sites is 2. The second-order valence-electron chi connectivity index (χ2n) is 7.10. The maximum absolute atomic E-state index is 2.43. The average molecular weight is 347 g/mol. The van der Waals surface area contributed by atoms with Gasteiger partial charge >= 0.3 is 0 Å². The first-order valence-electron chi connectivity index (χ1n) is 9.42. The van der Waals surface area contributed by atoms with Crippen LogP contribution in [0.3, 0.4) is 0 Å². The van der Waals surface area contributed by atoms with E-state index in [1.165, 1.54) is 49.6 Å². The van der Waals surface area contributed by atoms with Crippen LogP contribution in [0, 0.1) is 6.92 Å². The van der Waals surface area contributed by atoms with E-state index in [9.17, 15) is 0 Å². The molecule has 5 aromatic rings. The number of aryl methyl sites for hydroxylation is 1. The highest BCUT2D eigenvalue weighted by molar-refractivity contribution is 6.18. The van der Waals surface area contributed by atoms with E-state index < -0.39 is 0 Å². The molecule has 0 amide bonds. The molecule has 3 aromatic carbocycles. The summed E-state index contributed by atoms with van der Waals surface area (Å²) in [6.07, 6.45) is 8.45. The minimum atomic E-state index is 1.22. The molecule has 0 atom stereocenters. The smallest absolute Gasteiger partial charge is 0.0619 e. The molecule has 0 aliphatic carbocycles. The van der Waals surface area contributed by atoms with Crippen LogP contribution in [0.1, 0.15) is 18.2 Å². The van der Waals surface area contributed by atoms with Crippen LogP contribution in [-0.4, -0.2) is 4.40 Å². The summed E-state index contributed by atoms with van der Waals surface area (Å²) >= 11 is 0. The molecule has 130 valence electrons. The van der Waals surface area contributed by atoms with Gasteiger partial charge in [-0.15, -0.1) is 0 Å². The fraction of sp³-hybridized carbons (Fsp3) is 0.0769. The van der Waals surface area contributed by atoms with Crippen LogP contribution in [-0.2, 0) is 0 Å². The summed E-state index contributed by atoms with van der Waals surface area (Å²) in [5, 5.41) is 3.93. The number of aromatic nitrogens is 1. The lowest BCUT2D eigenvalue weighted by molar-refractivity contribution is 1.27. The number of hydrogen-bond donors (Lipinski definition) is 0. The minimum absolute atomic E-state index is 1.22. The van der Waals surface area contributed by atoms with Crippen molar-refractivity contribution < 1.29 is 0 Å². The molecular weight excluding hydrogens is 326 g/mol. The van der Waals surface area contributed by atoms with Crippen LogP contribution in [0.4, 0.5) is 0 Å². The summed E-state index contributed by atoms with van der Waals surface area (Å²) in [5.41, 5.74) is 7.64. The molecule has 0 radical (unpaired) electrons. The van der Waals surface area contributed by atoms with E-state index in [0.717, 1.165) is 0 Å². The Hall–Kier alpha value is -3.32. The number of allylic oxidation sites excluding steroid dienone is 3. The van der Waals surface area contributed by atoms with Crippen LogP contribution in [0.15, 0.2) is 85.0 Å². The Bertz CT molecular complexity index is 1310. The number of rotatable bonds is 3. The van der Waals surface area contributed by atoms with E-state index in [1.54, 1.807) is 0 Å². The van der Waals surface area contributed by atoms with Crippen LogP contribution < -0.4 is 0 Å². The largest absolute Gasteiger partial charge is 0.308 e. The second kappa shape index (κ2) is 6.14. The molecule has 0 saturated heterocycles. The molecule has 0 unspecified atom stereocenters. The molecule has 0 bridgehead atoms. The van der Waals surface area contributed by atoms with Gasteiger partial charge in [-0.3, -0.25) is 0 Å². The van der Waals surface area contributed by atoms with Gasteiger partial charge in [-0.2, -0.15) is 0 Å². The monoisotopic (exact) mass is 347 g/mol. The van der Waals surface area contributed by atoms with Crippen molar-refractivity contribution in [3.8, 4) is 11.1 Å². The van der Waals surface area contributed by atoms with Crippen molar-refractivity contribution in [1.82, 2.24) is 4.40 Å². The Morgan fingerprint density at radius 2 is 1.52 bits per heavy atom. The first kappa shape index (κ1) is 15.9. The van der Waals surface area contributed by atoms with Crippen molar-refractivity contribution in [2.75, 3.05) is 0 Å². The third-order valence-electron chi connectivity index (χ3n) is 5.34. The molecule has 5 rings (SSSR count). The van der Waals surface area contributed by atoms with E-state index in [4.69, 9.17) is 0 Å². The molecule has 1 heteroatoms. The first-order valence-corrected chi connectivity index (χ1v) is 9.42. The van der Waals surface area contributed by atoms with E-state index in [-0.39, 0.29) is 0 Å². The van der Waals surface area contributed by atoms with Crippen molar-refractivity contribution in [3.05, 3.63) is 96.2 Å². The van der Waals surface area contributed by atoms with Crippen molar-refractivity contribution in [3.63, 3.8) is 0 Å². The predicted octanol–water partition coefficient (Wildman–Crippen LogP) is 7.25. The van der Waals surface area contributed by atoms with Crippen molar-refractivity contribution in [2.24, 2.45) is 0 Å². The highest BCUT2D eigenvalue weighted by atomic mass is 14.9. The molecule has 27 heavy (non-hydrogen) atoms. The topological polar surface area (TPSA) is 4.41 Å². The number of fused-ring (bicyclic) bond motifs is 3. The van der Waals surface area contributed by atoms with Gasteiger partial charge in [0.05, 0.1) is 11.0 Å². The van der Waals surface area contributed by atoms with E-state index in [1.807, 2.05) is 6.92 Å². The first-order chi connectivity index (χ1) is 13.3. The Labute approximate surface area is 159 Å². The van der Waals surface area contributed by atoms with Crippen LogP contribution in [0.2, 0.25) is 0 Å². The third-order valence-corrected chi connectivity index (χ3v) is 5.34. The van der Waals surface area contributed by atoms with Gasteiger partial charge in [0.25, 0.3) is 0 Å². The SMILES string of the molecule is C/C=C\C=C/c1cc2cccc3c4cccc(-c5ccc(C)cc5)c4n1c23. The molecule has 2 aromatic heterocycles. The fourth-order valence-electron chi connectivity index (χ4n) is 4.09. The van der Waals surface area contributed by atoms with Gasteiger partial charge < -0.3 is 4.40 Å². The van der Waals surface area contributed by atoms with Crippen molar-refractivity contribution in [2.45, 2.75) is 13.8 Å². The number of benzene rings is 3. The Balaban J connectivity index is 1.93. The molecule has 0 saturated carbocycles. The molecule has 0 fully saturated rings. The lowest BCUT2D eigenvalue weighted by Gasteiger charge is -2.07. The van der Waals surface area contributed by atoms with Gasteiger partial charge in [0.15, 0.2) is 0 Å². The third kappa shape index (κ3) is 2.39. The number of nitrogens with zero attached hydrogens (tertiary/aromatic N) is 1. The zero-order chi connectivity index (χ0) is 18.4. The lowest BCUT2D eigenvalue weighted by atomic mass is 10.0. The zero-order valence-electron chi connectivity index (χ0n) is 15.6. The summed E-state index contributed by atoms with van der Waals surface area (Å²) in [5.74, 6) is 0. The van der Waals surface area contributed by atoms with E-state index in [2.05, 4.69) is 102 Å². The van der Waals surface area contributed by atoms with Crippen LogP contribution >= 0.6 is 0 Å². The standard InChI is InChI=1S/C26H21N/c1-3-4-5-9-21-17-20-8-6-11-23-24-12-7-10-22(26(24)27(21)25(20)23)19-15-13-18(2)14-16-19/h3-17H,1-2H3/b4-3-,9-5-. The van der Waals surface area contributed by atoms with Gasteiger partial charge in [0, 0.05) is 27.4 Å². The maximum atomic E-state index is 2.43. The van der Waals surface area contributed by atoms with Crippen molar-refractivity contribution in [1.29, 1.82) is 0 Å². The van der Waals surface area contributed by atoms with Gasteiger partial charge in [-0.1, -0.05) is 84.5 Å². The summed E-state index contributed by atoms with van der Waals surface area (Å²) in [6.45, 7) is 4.18. The average Bonchev–Trinajstić information content (AvgIpc) is 3.23. The zero-order valence-corrected chi connectivity index (χ0v) is 15.6. The summed E-state index contributed by atoms with van der Waals surface area (Å²) < 4.78 is 2.43. The minimum Gasteiger partial charge on any atom is -0.308 e. The van der Waals surface area contributed by atoms with E-state index >= 15 is 0 Å². The van der Waals surface area contributed by atoms with Gasteiger partial charge in [-0.25, -0.2) is 0 Å². The van der Waals surface area contributed by atoms with Crippen LogP contribution in [0.5, 0.6) is 0 Å². The molecule has 0 spiro atoms. The van der Waals surface area contributed by atoms with Crippen molar-refractivity contribution >= 4 is 33.3 Å². The molecular formula is C26H21N. The summed E-state index contributed by atoms with van der Waals surface area (Å²) in [7, 11) is 0. The quantitative estimate of drug-likeness (QED) is 0.303. The Kier molecular flexibility index (Phi) is 3.61. The van der Waals surface area contributed by atoms with Gasteiger partial charge in [-0.05, 0) is 31.6 Å². The van der Waals surface area contributed by atoms with Crippen LogP contribution in [0.25, 0.3) is 44.4 Å². The Morgan fingerprint density at radius 3 is 2.30 bits per heavy atom. The highest BCUT2D eigenvalue weighted by Gasteiger charge is 2.17. The molecule has 0 aliphatic heterocycles. The molecule has 1 nitrogen and oxygen atoms in total. The number of hydrogen-bond acceptors (Lipinski definition) is 0. The predicted molar refractivity (Wildman–Crippen MR) is 118 cm³/mol. The molecule has 2 heterocycles. The summed E-state index contributed by atoms with van der Waals surface area (Å²) in [4.78, 5) is 0. The summed E-state index contributed by atoms with van der Waals surface area (Å²) in [6, 6.07) is 24.4. The van der Waals surface area contributed by atoms with Gasteiger partial charge in [0.2, 0.25) is 0 Å². The molecule has 0 N–H and O–H groups in total. The Morgan fingerprint density at radius 1 is 0.778 bits per heavy atom. The van der Waals surface area contributed by atoms with E-state index in [0.29, 0.717) is 0 Å². The maximum Gasteiger partial charge on any atom is 0.0619 e. The lowest BCUT2D eigenvalue weighted by Crippen LogP contribution is -1.88. The highest BCUT2D eigenvalue weighted by Crippen LogP contribution is 2.39. The normalized spacial score (nSPS) is 12.5. The molecule has 0 aliphatic rings. The fourth-order valence-corrected chi connectivity index (χ4v) is 4.09. The second-order valence-corrected chi connectivity index (χ2v) is 7.10. The van der Waals surface area contributed by atoms with Gasteiger partial charge in [0.1, 0.15) is 0 Å².